The second kappa shape index (κ2) is 34.9. The third kappa shape index (κ3) is 20.3. The van der Waals surface area contributed by atoms with Crippen LogP contribution in [-0.2, 0) is 76.5 Å². The number of benzene rings is 6. The molecule has 0 radical (unpaired) electrons. The van der Waals surface area contributed by atoms with Crippen LogP contribution in [0.5, 0.6) is 51.7 Å². The summed E-state index contributed by atoms with van der Waals surface area (Å²) in [6, 6.07) is 25.9. The fourth-order valence-corrected chi connectivity index (χ4v) is 13.1. The number of allylic oxidation sites excluding steroid dienone is 4. The number of cyclic esters (lactones) is 3. The van der Waals surface area contributed by atoms with Gasteiger partial charge in [-0.3, -0.25) is 4.57 Å². The molecule has 0 bridgehead atoms. The minimum absolute atomic E-state index is 0. The highest BCUT2D eigenvalue weighted by molar-refractivity contribution is 7.54. The maximum absolute atomic E-state index is 13.5. The van der Waals surface area contributed by atoms with E-state index in [1.165, 1.54) is 21.3 Å². The number of fused-ring (bicyclic) bond motifs is 3. The van der Waals surface area contributed by atoms with Crippen molar-refractivity contribution >= 4 is 40.7 Å². The van der Waals surface area contributed by atoms with E-state index in [1.807, 2.05) is 58.9 Å². The molecule has 0 aromatic heterocycles. The standard InChI is InChI=1S/C28H29O8P.C22H25O8P.C17H23O7P.2CH4/c1-19(14-15-23-26(29)25-24(17-34-28(25)30)20(2)27(23)32-3)16-33-18-37(31,35-21-10-6-4-7-11-21)36-22-12-8-5-9-13-22;1-14(11-28-13-31(25,26)30-16-7-5-4-6-8-16)9-10-17-20(23)19-18(12-29-22(19)24)15(2)21(17)27-3;1-10(5-4-8-25(20,21)22)6-7-12-15(18)14-13(9-24-17(14)19)11(2)16(12)23-3;;/h4-14,29H,15-18H2,1-3H3;4-9,23H,10-13H2,1-3H3,(H,25,26);6,18H,4-5,7-9H2,1-3H3,(H2,20,21,22);2*1H4/b19-14+;14-9+;10-6+;;. The first-order chi connectivity index (χ1) is 44.2. The van der Waals surface area contributed by atoms with Gasteiger partial charge in [-0.15, -0.1) is 0 Å². The number of para-hydroxylation sites is 3. The van der Waals surface area contributed by atoms with Crippen molar-refractivity contribution in [2.45, 2.75) is 108 Å². The average molecular weight is 1380 g/mol. The molecule has 0 amide bonds. The quantitative estimate of drug-likeness (QED) is 0.0121. The third-order valence-corrected chi connectivity index (χ3v) is 18.4. The molecule has 23 nitrogen and oxygen atoms in total. The first-order valence-electron chi connectivity index (χ1n) is 29.3. The van der Waals surface area contributed by atoms with Gasteiger partial charge >= 0.3 is 40.7 Å². The lowest BCUT2D eigenvalue weighted by atomic mass is 9.94. The highest BCUT2D eigenvalue weighted by Crippen LogP contribution is 2.50. The zero-order valence-corrected chi connectivity index (χ0v) is 55.7. The average Bonchev–Trinajstić information content (AvgIpc) is 1.75. The monoisotopic (exact) mass is 1370 g/mol. The Labute approximate surface area is 554 Å². The van der Waals surface area contributed by atoms with Crippen LogP contribution in [0.3, 0.4) is 0 Å². The van der Waals surface area contributed by atoms with Crippen LogP contribution in [0.25, 0.3) is 0 Å². The molecule has 0 fully saturated rings. The van der Waals surface area contributed by atoms with E-state index in [0.717, 1.165) is 33.4 Å². The molecule has 26 heteroatoms. The Morgan fingerprint density at radius 3 is 1.13 bits per heavy atom. The van der Waals surface area contributed by atoms with Crippen molar-refractivity contribution < 1.29 is 110 Å². The van der Waals surface area contributed by atoms with Crippen LogP contribution in [-0.4, -0.2) is 101 Å². The summed E-state index contributed by atoms with van der Waals surface area (Å²) < 4.78 is 95.7. The Hall–Kier alpha value is -8.36. The number of carbonyl (C=O) groups is 3. The number of methoxy groups -OCH3 is 3. The molecular formula is C69H85O23P3. The minimum Gasteiger partial charge on any atom is -0.507 e. The molecule has 95 heavy (non-hydrogen) atoms. The molecule has 3 aliphatic rings. The Morgan fingerprint density at radius 1 is 0.484 bits per heavy atom. The van der Waals surface area contributed by atoms with E-state index in [2.05, 4.69) is 0 Å². The van der Waals surface area contributed by atoms with Gasteiger partial charge in [-0.2, -0.15) is 0 Å². The van der Waals surface area contributed by atoms with Crippen LogP contribution < -0.4 is 27.8 Å². The van der Waals surface area contributed by atoms with Crippen molar-refractivity contribution in [2.75, 3.05) is 53.4 Å². The summed E-state index contributed by atoms with van der Waals surface area (Å²) in [5, 5.41) is 31.9. The SMILES string of the molecule is C.C.COc1c(C)c2c(c(O)c1C/C=C(\C)CCCP(=O)(O)O)C(=O)OC2.COc1c(C)c2c(c(O)c1C/C=C(\C)COCP(=O)(O)Oc1ccccc1)C(=O)OC2.COc1c(C)c2c(c(O)c1C/C=C(\C)COCP(=O)(Oc1ccccc1)Oc1ccccc1)C(=O)OC2. The minimum atomic E-state index is -3.98. The van der Waals surface area contributed by atoms with Crippen molar-refractivity contribution in [1.29, 1.82) is 0 Å². The van der Waals surface area contributed by atoms with Gasteiger partial charge in [0.25, 0.3) is 0 Å². The van der Waals surface area contributed by atoms with Gasteiger partial charge in [0.15, 0.2) is 12.7 Å². The molecule has 3 aliphatic heterocycles. The number of phenolic OH excluding ortho intramolecular Hbond substituents is 3. The molecule has 0 saturated heterocycles. The molecule has 9 rings (SSSR count). The van der Waals surface area contributed by atoms with E-state index < -0.39 is 47.0 Å². The summed E-state index contributed by atoms with van der Waals surface area (Å²) in [5.41, 5.74) is 8.73. The Morgan fingerprint density at radius 2 is 0.800 bits per heavy atom. The van der Waals surface area contributed by atoms with E-state index in [1.54, 1.807) is 91.9 Å². The van der Waals surface area contributed by atoms with Gasteiger partial charge in [0.2, 0.25) is 0 Å². The van der Waals surface area contributed by atoms with E-state index in [0.29, 0.717) is 87.8 Å². The van der Waals surface area contributed by atoms with Crippen molar-refractivity contribution in [3.8, 4) is 51.7 Å². The smallest absolute Gasteiger partial charge is 0.456 e. The van der Waals surface area contributed by atoms with Crippen LogP contribution in [0.15, 0.2) is 126 Å². The van der Waals surface area contributed by atoms with Crippen LogP contribution in [0.2, 0.25) is 0 Å². The maximum atomic E-state index is 13.5. The fraction of sp³-hybridized carbons (Fsp3) is 0.348. The highest BCUT2D eigenvalue weighted by atomic mass is 31.2. The Bertz CT molecular complexity index is 3890. The van der Waals surface area contributed by atoms with Gasteiger partial charge in [0.1, 0.15) is 88.3 Å². The zero-order valence-electron chi connectivity index (χ0n) is 53.0. The predicted octanol–water partition coefficient (Wildman–Crippen LogP) is 14.4. The molecule has 0 saturated carbocycles. The zero-order chi connectivity index (χ0) is 67.8. The summed E-state index contributed by atoms with van der Waals surface area (Å²) in [6.45, 7) is 11.6. The van der Waals surface area contributed by atoms with Gasteiger partial charge in [0, 0.05) is 33.4 Å². The van der Waals surface area contributed by atoms with Crippen LogP contribution in [0.1, 0.15) is 130 Å². The maximum Gasteiger partial charge on any atom is 0.456 e. The number of ether oxygens (including phenoxy) is 8. The Kier molecular flexibility index (Phi) is 28.4. The summed E-state index contributed by atoms with van der Waals surface area (Å²) in [6.07, 6.45) is 6.46. The number of carbonyl (C=O) groups excluding carboxylic acids is 3. The van der Waals surface area contributed by atoms with Crippen molar-refractivity contribution in [1.82, 2.24) is 0 Å². The molecule has 3 heterocycles. The van der Waals surface area contributed by atoms with Crippen LogP contribution in [0, 0.1) is 20.8 Å². The Balaban J connectivity index is 0.000000260. The molecule has 0 spiro atoms. The number of hydrogen-bond donors (Lipinski definition) is 6. The molecule has 1 unspecified atom stereocenters. The number of rotatable bonds is 27. The highest BCUT2D eigenvalue weighted by Gasteiger charge is 2.35. The number of hydrogen-bond acceptors (Lipinski definition) is 20. The largest absolute Gasteiger partial charge is 0.507 e. The molecule has 514 valence electrons. The first-order valence-corrected chi connectivity index (χ1v) is 34.6. The van der Waals surface area contributed by atoms with Crippen molar-refractivity contribution in [2.24, 2.45) is 0 Å². The number of phenols is 3. The molecule has 6 N–H and O–H groups in total. The second-order valence-corrected chi connectivity index (χ2v) is 27.3. The molecule has 0 aliphatic carbocycles. The summed E-state index contributed by atoms with van der Waals surface area (Å²) in [4.78, 5) is 63.6. The molecule has 6 aromatic rings. The van der Waals surface area contributed by atoms with Gasteiger partial charge < -0.3 is 81.5 Å². The summed E-state index contributed by atoms with van der Waals surface area (Å²) in [7, 11) is -7.11. The number of aromatic hydroxyl groups is 3. The van der Waals surface area contributed by atoms with Gasteiger partial charge in [-0.05, 0) is 127 Å². The van der Waals surface area contributed by atoms with Gasteiger partial charge in [-0.25, -0.2) is 23.5 Å². The topological polar surface area (TPSA) is 325 Å². The van der Waals surface area contributed by atoms with Crippen molar-refractivity contribution in [3.63, 3.8) is 0 Å². The summed E-state index contributed by atoms with van der Waals surface area (Å²) >= 11 is 0. The molecule has 1 atom stereocenters. The number of esters is 3. The third-order valence-electron chi connectivity index (χ3n) is 15.1. The van der Waals surface area contributed by atoms with E-state index >= 15 is 0 Å². The van der Waals surface area contributed by atoms with E-state index in [9.17, 15) is 48.3 Å². The van der Waals surface area contributed by atoms with Crippen molar-refractivity contribution in [3.05, 3.63) is 193 Å². The lowest BCUT2D eigenvalue weighted by Gasteiger charge is -2.20. The first kappa shape index (κ1) is 77.3. The summed E-state index contributed by atoms with van der Waals surface area (Å²) in [5.74, 6) is 0.579. The van der Waals surface area contributed by atoms with Gasteiger partial charge in [0.05, 0.1) is 40.7 Å². The molecular weight excluding hydrogens is 1290 g/mol. The fourth-order valence-electron chi connectivity index (χ4n) is 10.4. The van der Waals surface area contributed by atoms with Gasteiger partial charge in [-0.1, -0.05) is 104 Å². The molecule has 6 aromatic carbocycles. The lowest BCUT2D eigenvalue weighted by molar-refractivity contribution is 0.0523. The lowest BCUT2D eigenvalue weighted by Crippen LogP contribution is -2.09. The van der Waals surface area contributed by atoms with Crippen LogP contribution >= 0.6 is 22.8 Å². The van der Waals surface area contributed by atoms with Crippen LogP contribution in [0.4, 0.5) is 0 Å². The normalized spacial score (nSPS) is 13.9. The predicted molar refractivity (Wildman–Crippen MR) is 358 cm³/mol. The van der Waals surface area contributed by atoms with E-state index in [4.69, 9.17) is 61.3 Å². The second-order valence-electron chi connectivity index (χ2n) is 21.9. The van der Waals surface area contributed by atoms with E-state index in [-0.39, 0.29) is 107 Å².